The molecule has 1 aromatic rings. The van der Waals surface area contributed by atoms with Gasteiger partial charge in [0.05, 0.1) is 5.69 Å². The summed E-state index contributed by atoms with van der Waals surface area (Å²) >= 11 is 4.74. The molecule has 0 radical (unpaired) electrons. The Bertz CT molecular complexity index is 487. The number of carbonyl (C=O) groups is 1. The van der Waals surface area contributed by atoms with Gasteiger partial charge in [0.1, 0.15) is 16.9 Å². The molecule has 0 spiro atoms. The van der Waals surface area contributed by atoms with Gasteiger partial charge in [-0.1, -0.05) is 12.2 Å². The maximum Gasteiger partial charge on any atom is 0.253 e. The van der Waals surface area contributed by atoms with Gasteiger partial charge in [0, 0.05) is 12.2 Å². The average Bonchev–Trinajstić information content (AvgIpc) is 2.85. The molecule has 1 unspecified atom stereocenters. The average molecular weight is 268 g/mol. The molecule has 1 heterocycles. The van der Waals surface area contributed by atoms with Crippen LogP contribution in [0.4, 0.5) is 10.1 Å². The smallest absolute Gasteiger partial charge is 0.253 e. The molecule has 0 saturated carbocycles. The third-order valence-corrected chi connectivity index (χ3v) is 2.97. The largest absolute Gasteiger partial charge is 0.389 e. The van der Waals surface area contributed by atoms with Crippen LogP contribution in [0.5, 0.6) is 0 Å². The van der Waals surface area contributed by atoms with Crippen LogP contribution in [0.25, 0.3) is 0 Å². The van der Waals surface area contributed by atoms with Gasteiger partial charge in [0.25, 0.3) is 5.91 Å². The van der Waals surface area contributed by atoms with Crippen molar-refractivity contribution in [3.63, 3.8) is 0 Å². The second-order valence-corrected chi connectivity index (χ2v) is 4.49. The molecule has 1 amide bonds. The summed E-state index contributed by atoms with van der Waals surface area (Å²) in [5, 5.41) is 2.50. The van der Waals surface area contributed by atoms with Crippen molar-refractivity contribution >= 4 is 28.8 Å². The Balaban J connectivity index is 2.09. The van der Waals surface area contributed by atoms with Crippen molar-refractivity contribution < 1.29 is 13.9 Å². The molecule has 1 aliphatic heterocycles. The van der Waals surface area contributed by atoms with Gasteiger partial charge >= 0.3 is 0 Å². The van der Waals surface area contributed by atoms with Crippen LogP contribution in [0.15, 0.2) is 18.2 Å². The molecule has 1 aromatic carbocycles. The van der Waals surface area contributed by atoms with Crippen LogP contribution < -0.4 is 11.1 Å². The first-order valence-corrected chi connectivity index (χ1v) is 6.00. The lowest BCUT2D eigenvalue weighted by molar-refractivity contribution is -0.124. The van der Waals surface area contributed by atoms with E-state index in [1.54, 1.807) is 6.07 Å². The van der Waals surface area contributed by atoms with E-state index < -0.39 is 11.9 Å². The molecule has 1 fully saturated rings. The Morgan fingerprint density at radius 2 is 2.33 bits per heavy atom. The molecule has 1 atom stereocenters. The van der Waals surface area contributed by atoms with Gasteiger partial charge in [0.15, 0.2) is 0 Å². The Kier molecular flexibility index (Phi) is 3.88. The number of halogens is 1. The molecule has 1 saturated heterocycles. The number of ether oxygens (including phenoxy) is 1. The maximum atomic E-state index is 13.7. The highest BCUT2D eigenvalue weighted by Gasteiger charge is 2.24. The minimum Gasteiger partial charge on any atom is -0.389 e. The van der Waals surface area contributed by atoms with E-state index in [1.807, 2.05) is 0 Å². The van der Waals surface area contributed by atoms with Crippen molar-refractivity contribution in [3.8, 4) is 0 Å². The summed E-state index contributed by atoms with van der Waals surface area (Å²) in [6.07, 6.45) is 1.03. The van der Waals surface area contributed by atoms with Crippen molar-refractivity contribution in [1.82, 2.24) is 0 Å². The third kappa shape index (κ3) is 2.83. The van der Waals surface area contributed by atoms with Crippen molar-refractivity contribution in [2.75, 3.05) is 11.9 Å². The molecule has 1 aliphatic rings. The molecule has 4 nitrogen and oxygen atoms in total. The summed E-state index contributed by atoms with van der Waals surface area (Å²) in [6.45, 7) is 0.570. The second-order valence-electron chi connectivity index (χ2n) is 4.05. The van der Waals surface area contributed by atoms with E-state index in [0.717, 1.165) is 6.42 Å². The van der Waals surface area contributed by atoms with Gasteiger partial charge in [-0.2, -0.15) is 0 Å². The first-order valence-electron chi connectivity index (χ1n) is 5.60. The minimum atomic E-state index is -0.563. The summed E-state index contributed by atoms with van der Waals surface area (Å²) in [7, 11) is 0. The number of rotatable bonds is 3. The zero-order chi connectivity index (χ0) is 13.1. The van der Waals surface area contributed by atoms with Gasteiger partial charge in [-0.05, 0) is 31.0 Å². The van der Waals surface area contributed by atoms with Crippen LogP contribution >= 0.6 is 12.2 Å². The zero-order valence-electron chi connectivity index (χ0n) is 9.61. The van der Waals surface area contributed by atoms with E-state index in [-0.39, 0.29) is 16.6 Å². The van der Waals surface area contributed by atoms with Crippen LogP contribution in [0.2, 0.25) is 0 Å². The number of nitrogens with one attached hydrogen (secondary N) is 1. The Labute approximate surface area is 109 Å². The standard InChI is InChI=1S/C12H13FN2O2S/c13-8-6-7(11(14)18)3-4-9(8)15-12(16)10-2-1-5-17-10/h3-4,6,10H,1-2,5H2,(H2,14,18)(H,15,16). The summed E-state index contributed by atoms with van der Waals surface area (Å²) in [5.41, 5.74) is 5.93. The SMILES string of the molecule is NC(=S)c1ccc(NC(=O)C2CCCO2)c(F)c1. The molecular formula is C12H13FN2O2S. The molecule has 0 aliphatic carbocycles. The number of nitrogens with two attached hydrogens (primary N) is 1. The van der Waals surface area contributed by atoms with Gasteiger partial charge in [-0.3, -0.25) is 4.79 Å². The van der Waals surface area contributed by atoms with E-state index in [1.165, 1.54) is 12.1 Å². The normalized spacial score (nSPS) is 18.6. The number of amides is 1. The van der Waals surface area contributed by atoms with Crippen molar-refractivity contribution in [2.45, 2.75) is 18.9 Å². The quantitative estimate of drug-likeness (QED) is 0.817. The highest BCUT2D eigenvalue weighted by molar-refractivity contribution is 7.80. The summed E-state index contributed by atoms with van der Waals surface area (Å²) < 4.78 is 18.9. The second kappa shape index (κ2) is 5.41. The molecule has 18 heavy (non-hydrogen) atoms. The van der Waals surface area contributed by atoms with Gasteiger partial charge < -0.3 is 15.8 Å². The maximum absolute atomic E-state index is 13.7. The van der Waals surface area contributed by atoms with Crippen LogP contribution in [-0.4, -0.2) is 23.6 Å². The lowest BCUT2D eigenvalue weighted by Gasteiger charge is -2.11. The molecule has 0 aromatic heterocycles. The summed E-state index contributed by atoms with van der Waals surface area (Å²) in [5.74, 6) is -0.888. The fourth-order valence-electron chi connectivity index (χ4n) is 1.77. The molecule has 0 bridgehead atoms. The topological polar surface area (TPSA) is 64.3 Å². The Morgan fingerprint density at radius 3 is 2.89 bits per heavy atom. The zero-order valence-corrected chi connectivity index (χ0v) is 10.4. The summed E-state index contributed by atoms with van der Waals surface area (Å²) in [4.78, 5) is 11.8. The van der Waals surface area contributed by atoms with Crippen LogP contribution in [0, 0.1) is 5.82 Å². The Hall–Kier alpha value is -1.53. The van der Waals surface area contributed by atoms with Crippen molar-refractivity contribution in [1.29, 1.82) is 0 Å². The molecule has 2 rings (SSSR count). The monoisotopic (exact) mass is 268 g/mol. The van der Waals surface area contributed by atoms with Gasteiger partial charge in [0.2, 0.25) is 0 Å². The number of thiocarbonyl (C=S) groups is 1. The third-order valence-electron chi connectivity index (χ3n) is 2.73. The first kappa shape index (κ1) is 12.9. The number of anilines is 1. The minimum absolute atomic E-state index is 0.107. The highest BCUT2D eigenvalue weighted by Crippen LogP contribution is 2.19. The predicted octanol–water partition coefficient (Wildman–Crippen LogP) is 1.58. The molecule has 96 valence electrons. The van der Waals surface area contributed by atoms with E-state index >= 15 is 0 Å². The number of carbonyl (C=O) groups excluding carboxylic acids is 1. The lowest BCUT2D eigenvalue weighted by atomic mass is 10.2. The Morgan fingerprint density at radius 1 is 1.56 bits per heavy atom. The van der Waals surface area contributed by atoms with E-state index in [4.69, 9.17) is 22.7 Å². The predicted molar refractivity (Wildman–Crippen MR) is 69.9 cm³/mol. The van der Waals surface area contributed by atoms with Crippen molar-refractivity contribution in [3.05, 3.63) is 29.6 Å². The number of hydrogen-bond donors (Lipinski definition) is 2. The van der Waals surface area contributed by atoms with Crippen LogP contribution in [0.1, 0.15) is 18.4 Å². The number of hydrogen-bond acceptors (Lipinski definition) is 3. The van der Waals surface area contributed by atoms with Gasteiger partial charge in [-0.25, -0.2) is 4.39 Å². The highest BCUT2D eigenvalue weighted by atomic mass is 32.1. The molecule has 3 N–H and O–H groups in total. The van der Waals surface area contributed by atoms with E-state index in [2.05, 4.69) is 5.32 Å². The lowest BCUT2D eigenvalue weighted by Crippen LogP contribution is -2.27. The number of benzene rings is 1. The van der Waals surface area contributed by atoms with Crippen LogP contribution in [-0.2, 0) is 9.53 Å². The van der Waals surface area contributed by atoms with Crippen molar-refractivity contribution in [2.24, 2.45) is 5.73 Å². The van der Waals surface area contributed by atoms with E-state index in [0.29, 0.717) is 18.6 Å². The molecular weight excluding hydrogens is 255 g/mol. The van der Waals surface area contributed by atoms with Crippen LogP contribution in [0.3, 0.4) is 0 Å². The summed E-state index contributed by atoms with van der Waals surface area (Å²) in [6, 6.07) is 4.21. The molecule has 6 heteroatoms. The fraction of sp³-hybridized carbons (Fsp3) is 0.333. The fourth-order valence-corrected chi connectivity index (χ4v) is 1.89. The van der Waals surface area contributed by atoms with E-state index in [9.17, 15) is 9.18 Å². The first-order chi connectivity index (χ1) is 8.58. The van der Waals surface area contributed by atoms with Gasteiger partial charge in [-0.15, -0.1) is 0 Å².